The van der Waals surface area contributed by atoms with E-state index in [9.17, 15) is 9.50 Å². The fourth-order valence-electron chi connectivity index (χ4n) is 2.54. The van der Waals surface area contributed by atoms with Gasteiger partial charge in [0.2, 0.25) is 0 Å². The van der Waals surface area contributed by atoms with Crippen LogP contribution in [0, 0.1) is 12.7 Å². The monoisotopic (exact) mass is 267 g/mol. The Labute approximate surface area is 114 Å². The number of benzene rings is 1. The van der Waals surface area contributed by atoms with Crippen molar-refractivity contribution >= 4 is 0 Å². The molecule has 0 aliphatic carbocycles. The van der Waals surface area contributed by atoms with Crippen molar-refractivity contribution in [1.82, 2.24) is 4.90 Å². The lowest BCUT2D eigenvalue weighted by molar-refractivity contribution is -0.0277. The third kappa shape index (κ3) is 4.00. The molecule has 0 amide bonds. The van der Waals surface area contributed by atoms with Crippen molar-refractivity contribution in [3.05, 3.63) is 35.1 Å². The lowest BCUT2D eigenvalue weighted by atomic mass is 10.0. The van der Waals surface area contributed by atoms with Gasteiger partial charge < -0.3 is 9.84 Å². The van der Waals surface area contributed by atoms with Gasteiger partial charge in [0.05, 0.1) is 19.3 Å². The Hall–Kier alpha value is -0.970. The Bertz CT molecular complexity index is 423. The van der Waals surface area contributed by atoms with Crippen LogP contribution in [-0.4, -0.2) is 41.9 Å². The van der Waals surface area contributed by atoms with Crippen molar-refractivity contribution in [3.63, 3.8) is 0 Å². The Morgan fingerprint density at radius 2 is 2.32 bits per heavy atom. The SMILES string of the molecule is Cc1ccc(F)cc1CN1CCOC[C@@H]1C[C@@H](C)O. The third-order valence-corrected chi connectivity index (χ3v) is 3.65. The van der Waals surface area contributed by atoms with E-state index in [1.165, 1.54) is 6.07 Å². The van der Waals surface area contributed by atoms with E-state index in [-0.39, 0.29) is 18.0 Å². The maximum atomic E-state index is 13.3. The van der Waals surface area contributed by atoms with Gasteiger partial charge >= 0.3 is 0 Å². The van der Waals surface area contributed by atoms with Gasteiger partial charge in [0, 0.05) is 19.1 Å². The van der Waals surface area contributed by atoms with Crippen LogP contribution in [0.4, 0.5) is 4.39 Å². The lowest BCUT2D eigenvalue weighted by Gasteiger charge is -2.36. The summed E-state index contributed by atoms with van der Waals surface area (Å²) in [5.41, 5.74) is 2.11. The summed E-state index contributed by atoms with van der Waals surface area (Å²) in [7, 11) is 0. The van der Waals surface area contributed by atoms with Gasteiger partial charge in [-0.15, -0.1) is 0 Å². The molecule has 0 unspecified atom stereocenters. The third-order valence-electron chi connectivity index (χ3n) is 3.65. The smallest absolute Gasteiger partial charge is 0.123 e. The van der Waals surface area contributed by atoms with Gasteiger partial charge in [0.15, 0.2) is 0 Å². The van der Waals surface area contributed by atoms with Gasteiger partial charge in [-0.1, -0.05) is 6.07 Å². The zero-order valence-corrected chi connectivity index (χ0v) is 11.6. The number of hydrogen-bond acceptors (Lipinski definition) is 3. The maximum absolute atomic E-state index is 13.3. The molecule has 1 fully saturated rings. The molecule has 1 aromatic carbocycles. The Balaban J connectivity index is 2.08. The van der Waals surface area contributed by atoms with Crippen molar-refractivity contribution in [2.45, 2.75) is 39.0 Å². The molecule has 0 aromatic heterocycles. The molecule has 1 N–H and O–H groups in total. The molecule has 106 valence electrons. The van der Waals surface area contributed by atoms with E-state index in [0.29, 0.717) is 26.2 Å². The molecule has 1 aromatic rings. The summed E-state index contributed by atoms with van der Waals surface area (Å²) in [5, 5.41) is 9.54. The van der Waals surface area contributed by atoms with Gasteiger partial charge in [-0.25, -0.2) is 4.39 Å². The largest absolute Gasteiger partial charge is 0.393 e. The fraction of sp³-hybridized carbons (Fsp3) is 0.600. The molecule has 1 heterocycles. The number of aliphatic hydroxyl groups is 1. The Morgan fingerprint density at radius 3 is 3.05 bits per heavy atom. The van der Waals surface area contributed by atoms with Crippen molar-refractivity contribution in [3.8, 4) is 0 Å². The zero-order valence-electron chi connectivity index (χ0n) is 11.6. The van der Waals surface area contributed by atoms with Crippen LogP contribution in [0.2, 0.25) is 0 Å². The van der Waals surface area contributed by atoms with Crippen molar-refractivity contribution < 1.29 is 14.2 Å². The van der Waals surface area contributed by atoms with E-state index in [1.54, 1.807) is 13.0 Å². The molecule has 2 rings (SSSR count). The normalized spacial score (nSPS) is 22.4. The van der Waals surface area contributed by atoms with Gasteiger partial charge in [0.25, 0.3) is 0 Å². The first kappa shape index (κ1) is 14.4. The van der Waals surface area contributed by atoms with Gasteiger partial charge in [-0.2, -0.15) is 0 Å². The summed E-state index contributed by atoms with van der Waals surface area (Å²) in [6, 6.07) is 5.11. The Morgan fingerprint density at radius 1 is 1.53 bits per heavy atom. The summed E-state index contributed by atoms with van der Waals surface area (Å²) < 4.78 is 18.8. The number of nitrogens with zero attached hydrogens (tertiary/aromatic N) is 1. The highest BCUT2D eigenvalue weighted by Gasteiger charge is 2.24. The molecule has 1 aliphatic rings. The highest BCUT2D eigenvalue weighted by molar-refractivity contribution is 5.26. The predicted molar refractivity (Wildman–Crippen MR) is 72.5 cm³/mol. The molecule has 0 radical (unpaired) electrons. The molecule has 19 heavy (non-hydrogen) atoms. The van der Waals surface area contributed by atoms with E-state index >= 15 is 0 Å². The minimum Gasteiger partial charge on any atom is -0.393 e. The summed E-state index contributed by atoms with van der Waals surface area (Å²) in [4.78, 5) is 2.28. The molecule has 1 saturated heterocycles. The minimum absolute atomic E-state index is 0.194. The molecule has 0 spiro atoms. The summed E-state index contributed by atoms with van der Waals surface area (Å²) in [6.07, 6.45) is 0.344. The molecule has 3 nitrogen and oxygen atoms in total. The summed E-state index contributed by atoms with van der Waals surface area (Å²) in [5.74, 6) is -0.194. The highest BCUT2D eigenvalue weighted by atomic mass is 19.1. The van der Waals surface area contributed by atoms with E-state index in [1.807, 2.05) is 13.0 Å². The average molecular weight is 267 g/mol. The summed E-state index contributed by atoms with van der Waals surface area (Å²) >= 11 is 0. The summed E-state index contributed by atoms with van der Waals surface area (Å²) in [6.45, 7) is 6.67. The standard InChI is InChI=1S/C15H22FNO2/c1-11-3-4-14(16)8-13(11)9-17-5-6-19-10-15(17)7-12(2)18/h3-4,8,12,15,18H,5-7,9-10H2,1-2H3/t12-,15+/m1/s1. The molecule has 1 aliphatic heterocycles. The topological polar surface area (TPSA) is 32.7 Å². The fourth-order valence-corrected chi connectivity index (χ4v) is 2.54. The van der Waals surface area contributed by atoms with Crippen LogP contribution in [0.15, 0.2) is 18.2 Å². The predicted octanol–water partition coefficient (Wildman–Crippen LogP) is 2.11. The van der Waals surface area contributed by atoms with Crippen LogP contribution >= 0.6 is 0 Å². The second-order valence-electron chi connectivity index (χ2n) is 5.35. The first-order chi connectivity index (χ1) is 9.06. The van der Waals surface area contributed by atoms with E-state index in [4.69, 9.17) is 4.74 Å². The number of ether oxygens (including phenoxy) is 1. The van der Waals surface area contributed by atoms with Crippen LogP contribution < -0.4 is 0 Å². The van der Waals surface area contributed by atoms with Crippen LogP contribution in [0.25, 0.3) is 0 Å². The second kappa shape index (κ2) is 6.46. The molecular formula is C15H22FNO2. The maximum Gasteiger partial charge on any atom is 0.123 e. The van der Waals surface area contributed by atoms with Crippen LogP contribution in [0.3, 0.4) is 0 Å². The van der Waals surface area contributed by atoms with Gasteiger partial charge in [0.1, 0.15) is 5.82 Å². The molecule has 4 heteroatoms. The van der Waals surface area contributed by atoms with E-state index in [0.717, 1.165) is 17.7 Å². The van der Waals surface area contributed by atoms with Gasteiger partial charge in [-0.05, 0) is 43.5 Å². The Kier molecular flexibility index (Phi) is 4.91. The van der Waals surface area contributed by atoms with Gasteiger partial charge in [-0.3, -0.25) is 4.90 Å². The number of morpholine rings is 1. The molecule has 0 saturated carbocycles. The number of aryl methyl sites for hydroxylation is 1. The molecular weight excluding hydrogens is 245 g/mol. The minimum atomic E-state index is -0.345. The van der Waals surface area contributed by atoms with Crippen molar-refractivity contribution in [1.29, 1.82) is 0 Å². The quantitative estimate of drug-likeness (QED) is 0.907. The molecule has 0 bridgehead atoms. The highest BCUT2D eigenvalue weighted by Crippen LogP contribution is 2.19. The van der Waals surface area contributed by atoms with Crippen molar-refractivity contribution in [2.24, 2.45) is 0 Å². The van der Waals surface area contributed by atoms with Crippen molar-refractivity contribution in [2.75, 3.05) is 19.8 Å². The average Bonchev–Trinajstić information content (AvgIpc) is 2.35. The number of aliphatic hydroxyl groups excluding tert-OH is 1. The van der Waals surface area contributed by atoms with E-state index < -0.39 is 0 Å². The van der Waals surface area contributed by atoms with E-state index in [2.05, 4.69) is 4.90 Å². The number of rotatable bonds is 4. The first-order valence-electron chi connectivity index (χ1n) is 6.81. The molecule has 2 atom stereocenters. The second-order valence-corrected chi connectivity index (χ2v) is 5.35. The first-order valence-corrected chi connectivity index (χ1v) is 6.81. The van der Waals surface area contributed by atoms with Crippen LogP contribution in [0.1, 0.15) is 24.5 Å². The zero-order chi connectivity index (χ0) is 13.8. The van der Waals surface area contributed by atoms with Crippen LogP contribution in [0.5, 0.6) is 0 Å². The number of hydrogen-bond donors (Lipinski definition) is 1. The lowest BCUT2D eigenvalue weighted by Crippen LogP contribution is -2.46. The number of halogens is 1. The van der Waals surface area contributed by atoms with Crippen LogP contribution in [-0.2, 0) is 11.3 Å².